The van der Waals surface area contributed by atoms with Gasteiger partial charge in [-0.2, -0.15) is 5.26 Å². The Kier molecular flexibility index (Phi) is 4.03. The van der Waals surface area contributed by atoms with Crippen LogP contribution in [0.1, 0.15) is 31.6 Å². The molecule has 6 heteroatoms. The summed E-state index contributed by atoms with van der Waals surface area (Å²) in [7, 11) is 0. The topological polar surface area (TPSA) is 45.5 Å². The van der Waals surface area contributed by atoms with E-state index in [2.05, 4.69) is 6.07 Å². The second-order valence-electron chi connectivity index (χ2n) is 5.40. The van der Waals surface area contributed by atoms with Gasteiger partial charge in [-0.05, 0) is 31.9 Å². The van der Waals surface area contributed by atoms with Crippen LogP contribution in [-0.4, -0.2) is 19.4 Å². The van der Waals surface area contributed by atoms with Gasteiger partial charge in [-0.15, -0.1) is 0 Å². The summed E-state index contributed by atoms with van der Waals surface area (Å²) in [4.78, 5) is 1.90. The van der Waals surface area contributed by atoms with E-state index in [-0.39, 0.29) is 18.0 Å². The summed E-state index contributed by atoms with van der Waals surface area (Å²) >= 11 is 6.24. The fourth-order valence-corrected chi connectivity index (χ4v) is 3.11. The monoisotopic (exact) mass is 310 g/mol. The van der Waals surface area contributed by atoms with Crippen LogP contribution in [0.4, 0.5) is 10.1 Å². The largest absolute Gasteiger partial charge is 0.368 e. The number of piperidine rings is 1. The van der Waals surface area contributed by atoms with Gasteiger partial charge < -0.3 is 14.4 Å². The van der Waals surface area contributed by atoms with Crippen molar-refractivity contribution in [2.24, 2.45) is 5.92 Å². The molecule has 0 aromatic heterocycles. The highest BCUT2D eigenvalue weighted by Gasteiger charge is 2.31. The predicted molar refractivity (Wildman–Crippen MR) is 76.3 cm³/mol. The number of benzene rings is 1. The molecule has 2 aliphatic heterocycles. The first kappa shape index (κ1) is 14.6. The Bertz CT molecular complexity index is 553. The summed E-state index contributed by atoms with van der Waals surface area (Å²) in [6.45, 7) is 3.06. The van der Waals surface area contributed by atoms with Gasteiger partial charge in [-0.1, -0.05) is 11.6 Å². The van der Waals surface area contributed by atoms with Crippen molar-refractivity contribution >= 4 is 17.3 Å². The lowest BCUT2D eigenvalue weighted by atomic mass is 9.98. The predicted octanol–water partition coefficient (Wildman–Crippen LogP) is 3.61. The van der Waals surface area contributed by atoms with E-state index >= 15 is 0 Å². The third-order valence-corrected chi connectivity index (χ3v) is 4.22. The molecule has 0 unspecified atom stereocenters. The number of hydrogen-bond acceptors (Lipinski definition) is 4. The van der Waals surface area contributed by atoms with Gasteiger partial charge >= 0.3 is 0 Å². The molecule has 2 heterocycles. The van der Waals surface area contributed by atoms with Crippen LogP contribution >= 0.6 is 11.6 Å². The molecule has 21 heavy (non-hydrogen) atoms. The molecule has 2 fully saturated rings. The van der Waals surface area contributed by atoms with Gasteiger partial charge in [0, 0.05) is 24.6 Å². The van der Waals surface area contributed by atoms with Crippen molar-refractivity contribution in [2.75, 3.05) is 18.0 Å². The maximum Gasteiger partial charge on any atom is 0.190 e. The summed E-state index contributed by atoms with van der Waals surface area (Å²) in [6, 6.07) is 5.36. The summed E-state index contributed by atoms with van der Waals surface area (Å²) < 4.78 is 25.1. The molecule has 0 spiro atoms. The van der Waals surface area contributed by atoms with E-state index in [0.29, 0.717) is 29.4 Å². The Morgan fingerprint density at radius 1 is 1.33 bits per heavy atom. The number of ether oxygens (including phenoxy) is 2. The molecule has 112 valence electrons. The van der Waals surface area contributed by atoms with Crippen molar-refractivity contribution in [1.82, 2.24) is 0 Å². The lowest BCUT2D eigenvalue weighted by Crippen LogP contribution is -2.34. The molecule has 0 saturated carbocycles. The fourth-order valence-electron chi connectivity index (χ4n) is 2.77. The number of anilines is 1. The molecule has 4 nitrogen and oxygen atoms in total. The van der Waals surface area contributed by atoms with Crippen molar-refractivity contribution in [3.8, 4) is 6.07 Å². The van der Waals surface area contributed by atoms with Crippen LogP contribution in [0.2, 0.25) is 5.02 Å². The summed E-state index contributed by atoms with van der Waals surface area (Å²) in [5, 5.41) is 9.27. The van der Waals surface area contributed by atoms with Gasteiger partial charge in [0.25, 0.3) is 0 Å². The zero-order chi connectivity index (χ0) is 15.0. The van der Waals surface area contributed by atoms with Gasteiger partial charge in [0.05, 0.1) is 16.8 Å². The van der Waals surface area contributed by atoms with E-state index in [4.69, 9.17) is 26.3 Å². The molecule has 2 aliphatic rings. The van der Waals surface area contributed by atoms with Gasteiger partial charge in [0.15, 0.2) is 12.6 Å². The highest BCUT2D eigenvalue weighted by molar-refractivity contribution is 6.33. The molecular weight excluding hydrogens is 295 g/mol. The van der Waals surface area contributed by atoms with Crippen molar-refractivity contribution in [2.45, 2.75) is 32.3 Å². The van der Waals surface area contributed by atoms with Crippen LogP contribution in [0.25, 0.3) is 0 Å². The van der Waals surface area contributed by atoms with Crippen molar-refractivity contribution in [3.63, 3.8) is 0 Å². The quantitative estimate of drug-likeness (QED) is 0.837. The Balaban J connectivity index is 1.79. The van der Waals surface area contributed by atoms with Crippen molar-refractivity contribution < 1.29 is 13.9 Å². The number of halogens is 2. The van der Waals surface area contributed by atoms with E-state index < -0.39 is 6.29 Å². The molecule has 0 N–H and O–H groups in total. The van der Waals surface area contributed by atoms with Crippen LogP contribution < -0.4 is 4.90 Å². The lowest BCUT2D eigenvalue weighted by molar-refractivity contribution is -0.382. The van der Waals surface area contributed by atoms with Crippen LogP contribution in [-0.2, 0) is 9.47 Å². The summed E-state index contributed by atoms with van der Waals surface area (Å²) in [5.74, 6) is -0.319. The average Bonchev–Trinajstić information content (AvgIpc) is 2.44. The average molecular weight is 311 g/mol. The fraction of sp³-hybridized carbons (Fsp3) is 0.533. The first-order chi connectivity index (χ1) is 10.1. The van der Waals surface area contributed by atoms with Crippen molar-refractivity contribution in [1.29, 1.82) is 5.26 Å². The standard InChI is InChI=1S/C15H16ClFN2O2/c1-9-20-15(21-9)11-6-12(16)14(13(17)7-11)19-4-2-10(8-18)3-5-19/h6-7,9-10,15H,2-5H2,1H3. The Morgan fingerprint density at radius 3 is 2.52 bits per heavy atom. The summed E-state index contributed by atoms with van der Waals surface area (Å²) in [5.41, 5.74) is 0.996. The van der Waals surface area contributed by atoms with E-state index in [0.717, 1.165) is 12.8 Å². The lowest BCUT2D eigenvalue weighted by Gasteiger charge is -2.35. The molecule has 1 aromatic carbocycles. The van der Waals surface area contributed by atoms with Gasteiger partial charge in [-0.25, -0.2) is 4.39 Å². The molecule has 0 aliphatic carbocycles. The number of nitrogens with zero attached hydrogens (tertiary/aromatic N) is 2. The molecule has 3 rings (SSSR count). The summed E-state index contributed by atoms with van der Waals surface area (Å²) in [6.07, 6.45) is 0.674. The highest BCUT2D eigenvalue weighted by atomic mass is 35.5. The van der Waals surface area contributed by atoms with Gasteiger partial charge in [0.1, 0.15) is 5.82 Å². The normalized spacial score (nSPS) is 26.3. The van der Waals surface area contributed by atoms with Crippen LogP contribution in [0.3, 0.4) is 0 Å². The van der Waals surface area contributed by atoms with E-state index in [9.17, 15) is 4.39 Å². The first-order valence-electron chi connectivity index (χ1n) is 7.03. The molecule has 2 saturated heterocycles. The molecule has 0 radical (unpaired) electrons. The minimum absolute atomic E-state index is 0.0561. The van der Waals surface area contributed by atoms with Gasteiger partial charge in [0.2, 0.25) is 0 Å². The number of nitriles is 1. The minimum atomic E-state index is -0.537. The minimum Gasteiger partial charge on any atom is -0.368 e. The van der Waals surface area contributed by atoms with E-state index in [1.165, 1.54) is 6.07 Å². The smallest absolute Gasteiger partial charge is 0.190 e. The number of hydrogen-bond donors (Lipinski definition) is 0. The van der Waals surface area contributed by atoms with E-state index in [1.807, 2.05) is 4.90 Å². The van der Waals surface area contributed by atoms with Gasteiger partial charge in [-0.3, -0.25) is 0 Å². The molecule has 0 bridgehead atoms. The number of rotatable bonds is 2. The van der Waals surface area contributed by atoms with E-state index in [1.54, 1.807) is 13.0 Å². The SMILES string of the molecule is CC1OC(c2cc(F)c(N3CCC(C#N)CC3)c(Cl)c2)O1. The Morgan fingerprint density at radius 2 is 2.00 bits per heavy atom. The molecule has 0 amide bonds. The maximum absolute atomic E-state index is 14.4. The third kappa shape index (κ3) is 2.84. The Labute approximate surface area is 128 Å². The first-order valence-corrected chi connectivity index (χ1v) is 7.40. The van der Waals surface area contributed by atoms with Crippen LogP contribution in [0, 0.1) is 23.1 Å². The zero-order valence-electron chi connectivity index (χ0n) is 11.7. The second kappa shape index (κ2) is 5.80. The molecule has 1 aromatic rings. The second-order valence-corrected chi connectivity index (χ2v) is 5.80. The zero-order valence-corrected chi connectivity index (χ0v) is 12.4. The molecule has 0 atom stereocenters. The molecular formula is C15H16ClFN2O2. The maximum atomic E-state index is 14.4. The van der Waals surface area contributed by atoms with Crippen molar-refractivity contribution in [3.05, 3.63) is 28.5 Å². The highest BCUT2D eigenvalue weighted by Crippen LogP contribution is 2.38. The third-order valence-electron chi connectivity index (χ3n) is 3.94. The van der Waals surface area contributed by atoms with Crippen LogP contribution in [0.5, 0.6) is 0 Å². The Hall–Kier alpha value is -1.35. The van der Waals surface area contributed by atoms with Crippen LogP contribution in [0.15, 0.2) is 12.1 Å².